The quantitative estimate of drug-likeness (QED) is 0.845. The molecule has 0 bridgehead atoms. The average molecular weight is 255 g/mol. The monoisotopic (exact) mass is 254 g/mol. The smallest absolute Gasteiger partial charge is 0.0601 e. The van der Waals surface area contributed by atoms with Crippen LogP contribution in [0.2, 0.25) is 5.02 Å². The van der Waals surface area contributed by atoms with Crippen molar-refractivity contribution < 1.29 is 5.11 Å². The molecule has 94 valence electrons. The number of hydrogen-bond donors (Lipinski definition) is 2. The fraction of sp³-hybridized carbons (Fsp3) is 0.538. The first-order valence-corrected chi connectivity index (χ1v) is 6.36. The van der Waals surface area contributed by atoms with Crippen molar-refractivity contribution in [3.05, 3.63) is 28.8 Å². The molecule has 1 aliphatic rings. The molecule has 1 saturated heterocycles. The van der Waals surface area contributed by atoms with E-state index in [-0.39, 0.29) is 12.6 Å². The van der Waals surface area contributed by atoms with Gasteiger partial charge in [-0.15, -0.1) is 0 Å². The van der Waals surface area contributed by atoms with Gasteiger partial charge in [0.1, 0.15) is 0 Å². The zero-order chi connectivity index (χ0) is 12.4. The molecule has 0 saturated carbocycles. The van der Waals surface area contributed by atoms with Gasteiger partial charge in [-0.25, -0.2) is 0 Å². The topological polar surface area (TPSA) is 35.5 Å². The van der Waals surface area contributed by atoms with E-state index < -0.39 is 0 Å². The van der Waals surface area contributed by atoms with Crippen molar-refractivity contribution in [2.75, 3.05) is 24.6 Å². The normalized spacial score (nSPS) is 25.1. The summed E-state index contributed by atoms with van der Waals surface area (Å²) in [5, 5.41) is 13.3. The van der Waals surface area contributed by atoms with Crippen LogP contribution in [0.15, 0.2) is 18.2 Å². The molecule has 0 aliphatic carbocycles. The minimum Gasteiger partial charge on any atom is -0.395 e. The summed E-state index contributed by atoms with van der Waals surface area (Å²) in [4.78, 5) is 2.34. The summed E-state index contributed by atoms with van der Waals surface area (Å²) in [5.74, 6) is 0. The molecule has 0 radical (unpaired) electrons. The Balaban J connectivity index is 2.24. The number of aryl methyl sites for hydroxylation is 1. The van der Waals surface area contributed by atoms with Gasteiger partial charge < -0.3 is 15.3 Å². The number of benzene rings is 1. The number of anilines is 1. The highest BCUT2D eigenvalue weighted by Gasteiger charge is 2.25. The van der Waals surface area contributed by atoms with Gasteiger partial charge in [0.2, 0.25) is 0 Å². The van der Waals surface area contributed by atoms with Crippen LogP contribution >= 0.6 is 11.6 Å². The number of aliphatic hydroxyl groups excluding tert-OH is 1. The molecule has 2 unspecified atom stereocenters. The molecule has 1 aliphatic heterocycles. The van der Waals surface area contributed by atoms with Gasteiger partial charge >= 0.3 is 0 Å². The molecule has 2 atom stereocenters. The maximum Gasteiger partial charge on any atom is 0.0601 e. The zero-order valence-corrected chi connectivity index (χ0v) is 11.0. The van der Waals surface area contributed by atoms with E-state index in [9.17, 15) is 5.11 Å². The number of hydrogen-bond acceptors (Lipinski definition) is 3. The van der Waals surface area contributed by atoms with Crippen LogP contribution in [0.3, 0.4) is 0 Å². The van der Waals surface area contributed by atoms with Crippen molar-refractivity contribution in [2.24, 2.45) is 0 Å². The molecule has 0 spiro atoms. The molecular formula is C13H19ClN2O. The van der Waals surface area contributed by atoms with Crippen LogP contribution in [-0.4, -0.2) is 36.9 Å². The minimum atomic E-state index is 0.154. The van der Waals surface area contributed by atoms with E-state index in [1.807, 2.05) is 12.1 Å². The summed E-state index contributed by atoms with van der Waals surface area (Å²) in [5.41, 5.74) is 2.39. The Hall–Kier alpha value is -0.770. The first-order valence-electron chi connectivity index (χ1n) is 5.99. The summed E-state index contributed by atoms with van der Waals surface area (Å²) in [6.07, 6.45) is 0. The number of piperazine rings is 1. The van der Waals surface area contributed by atoms with Gasteiger partial charge in [-0.05, 0) is 37.6 Å². The summed E-state index contributed by atoms with van der Waals surface area (Å²) in [6, 6.07) is 6.55. The van der Waals surface area contributed by atoms with Gasteiger partial charge in [0.25, 0.3) is 0 Å². The maximum atomic E-state index is 9.25. The van der Waals surface area contributed by atoms with Gasteiger partial charge in [-0.2, -0.15) is 0 Å². The summed E-state index contributed by atoms with van der Waals surface area (Å²) >= 11 is 5.98. The summed E-state index contributed by atoms with van der Waals surface area (Å²) < 4.78 is 0. The van der Waals surface area contributed by atoms with Gasteiger partial charge in [-0.3, -0.25) is 0 Å². The second-order valence-corrected chi connectivity index (χ2v) is 5.16. The number of nitrogens with zero attached hydrogens (tertiary/aromatic N) is 1. The fourth-order valence-corrected chi connectivity index (χ4v) is 2.56. The van der Waals surface area contributed by atoms with Crippen LogP contribution < -0.4 is 10.2 Å². The van der Waals surface area contributed by atoms with Crippen molar-refractivity contribution in [1.82, 2.24) is 5.32 Å². The van der Waals surface area contributed by atoms with Crippen LogP contribution in [0.5, 0.6) is 0 Å². The Morgan fingerprint density at radius 1 is 1.53 bits per heavy atom. The zero-order valence-electron chi connectivity index (χ0n) is 10.3. The lowest BCUT2D eigenvalue weighted by Gasteiger charge is -2.40. The molecule has 1 aromatic carbocycles. The Labute approximate surface area is 107 Å². The van der Waals surface area contributed by atoms with E-state index in [4.69, 9.17) is 11.6 Å². The van der Waals surface area contributed by atoms with Gasteiger partial charge in [-0.1, -0.05) is 11.6 Å². The highest BCUT2D eigenvalue weighted by molar-refractivity contribution is 6.30. The molecule has 3 nitrogen and oxygen atoms in total. The van der Waals surface area contributed by atoms with Gasteiger partial charge in [0, 0.05) is 35.9 Å². The predicted molar refractivity (Wildman–Crippen MR) is 71.9 cm³/mol. The summed E-state index contributed by atoms with van der Waals surface area (Å²) in [6.45, 7) is 6.17. The van der Waals surface area contributed by atoms with Crippen LogP contribution in [0.1, 0.15) is 12.5 Å². The van der Waals surface area contributed by atoms with Crippen LogP contribution in [-0.2, 0) is 0 Å². The Morgan fingerprint density at radius 2 is 2.29 bits per heavy atom. The predicted octanol–water partition coefficient (Wildman–Crippen LogP) is 1.81. The number of nitrogens with one attached hydrogen (secondary N) is 1. The van der Waals surface area contributed by atoms with E-state index in [0.29, 0.717) is 6.04 Å². The first-order chi connectivity index (χ1) is 8.11. The lowest BCUT2D eigenvalue weighted by molar-refractivity contribution is 0.227. The Morgan fingerprint density at radius 3 is 2.94 bits per heavy atom. The number of rotatable bonds is 2. The van der Waals surface area contributed by atoms with E-state index >= 15 is 0 Å². The highest BCUT2D eigenvalue weighted by atomic mass is 35.5. The third-order valence-corrected chi connectivity index (χ3v) is 3.57. The van der Waals surface area contributed by atoms with Crippen molar-refractivity contribution in [2.45, 2.75) is 25.9 Å². The van der Waals surface area contributed by atoms with Crippen molar-refractivity contribution in [3.8, 4) is 0 Å². The molecule has 1 aromatic rings. The molecule has 1 fully saturated rings. The molecule has 17 heavy (non-hydrogen) atoms. The standard InChI is InChI=1S/C13H19ClN2O/c1-9-5-11(14)3-4-13(9)16-7-12(8-17)15-6-10(16)2/h3-5,10,12,15,17H,6-8H2,1-2H3. The van der Waals surface area contributed by atoms with Gasteiger partial charge in [0.15, 0.2) is 0 Å². The fourth-order valence-electron chi connectivity index (χ4n) is 2.33. The molecule has 2 N–H and O–H groups in total. The van der Waals surface area contributed by atoms with Gasteiger partial charge in [0.05, 0.1) is 6.61 Å². The molecule has 0 aromatic heterocycles. The summed E-state index contributed by atoms with van der Waals surface area (Å²) in [7, 11) is 0. The SMILES string of the molecule is Cc1cc(Cl)ccc1N1CC(CO)NCC1C. The third kappa shape index (κ3) is 2.73. The highest BCUT2D eigenvalue weighted by Crippen LogP contribution is 2.26. The van der Waals surface area contributed by atoms with Crippen molar-refractivity contribution >= 4 is 17.3 Å². The van der Waals surface area contributed by atoms with Crippen molar-refractivity contribution in [1.29, 1.82) is 0 Å². The third-order valence-electron chi connectivity index (χ3n) is 3.34. The minimum absolute atomic E-state index is 0.154. The molecule has 4 heteroatoms. The van der Waals surface area contributed by atoms with E-state index in [1.54, 1.807) is 0 Å². The van der Waals surface area contributed by atoms with Crippen molar-refractivity contribution in [3.63, 3.8) is 0 Å². The molecule has 1 heterocycles. The molecular weight excluding hydrogens is 236 g/mol. The van der Waals surface area contributed by atoms with Crippen LogP contribution in [0.25, 0.3) is 0 Å². The van der Waals surface area contributed by atoms with Crippen LogP contribution in [0.4, 0.5) is 5.69 Å². The first kappa shape index (κ1) is 12.7. The molecule has 2 rings (SSSR count). The second-order valence-electron chi connectivity index (χ2n) is 4.72. The second kappa shape index (κ2) is 5.25. The largest absolute Gasteiger partial charge is 0.395 e. The lowest BCUT2D eigenvalue weighted by atomic mass is 10.1. The Bertz CT molecular complexity index is 397. The number of halogens is 1. The maximum absolute atomic E-state index is 9.25. The average Bonchev–Trinajstić information content (AvgIpc) is 2.30. The van der Waals surface area contributed by atoms with E-state index in [0.717, 1.165) is 18.1 Å². The number of aliphatic hydroxyl groups is 1. The lowest BCUT2D eigenvalue weighted by Crippen LogP contribution is -2.57. The Kier molecular flexibility index (Phi) is 3.92. The van der Waals surface area contributed by atoms with E-state index in [1.165, 1.54) is 11.3 Å². The van der Waals surface area contributed by atoms with Crippen LogP contribution in [0, 0.1) is 6.92 Å². The molecule has 0 amide bonds. The van der Waals surface area contributed by atoms with E-state index in [2.05, 4.69) is 30.1 Å².